The number of Topliss-reactive ketones (excluding diaryl/α,β-unsaturated/α-hetero) is 1. The van der Waals surface area contributed by atoms with Crippen molar-refractivity contribution in [3.63, 3.8) is 0 Å². The Bertz CT molecular complexity index is 858. The Balaban J connectivity index is 1.77. The molecule has 0 atom stereocenters. The minimum Gasteiger partial charge on any atom is -0.496 e. The molecule has 0 spiro atoms. The van der Waals surface area contributed by atoms with E-state index < -0.39 is 0 Å². The van der Waals surface area contributed by atoms with Crippen LogP contribution in [0, 0.1) is 0 Å². The van der Waals surface area contributed by atoms with Crippen molar-refractivity contribution < 1.29 is 14.1 Å². The first-order chi connectivity index (χ1) is 11.7. The zero-order chi connectivity index (χ0) is 16.9. The summed E-state index contributed by atoms with van der Waals surface area (Å²) >= 11 is 0. The van der Waals surface area contributed by atoms with Gasteiger partial charge >= 0.3 is 0 Å². The van der Waals surface area contributed by atoms with Crippen molar-refractivity contribution in [1.82, 2.24) is 10.1 Å². The number of hydrogen-bond acceptors (Lipinski definition) is 6. The molecule has 0 saturated heterocycles. The third kappa shape index (κ3) is 3.27. The lowest BCUT2D eigenvalue weighted by atomic mass is 10.1. The fraction of sp³-hybridized carbons (Fsp3) is 0.167. The summed E-state index contributed by atoms with van der Waals surface area (Å²) in [7, 11) is 1.60. The van der Waals surface area contributed by atoms with Crippen LogP contribution in [0.1, 0.15) is 23.2 Å². The molecule has 1 N–H and O–H groups in total. The molecule has 0 radical (unpaired) electrons. The molecule has 2 aromatic carbocycles. The smallest absolute Gasteiger partial charge is 0.246 e. The number of anilines is 1. The molecule has 0 saturated carbocycles. The lowest BCUT2D eigenvalue weighted by Crippen LogP contribution is -2.05. The molecule has 24 heavy (non-hydrogen) atoms. The fourth-order valence-corrected chi connectivity index (χ4v) is 2.38. The van der Waals surface area contributed by atoms with Gasteiger partial charge in [0.1, 0.15) is 5.75 Å². The highest BCUT2D eigenvalue weighted by Gasteiger charge is 2.13. The minimum atomic E-state index is -0.00154. The highest BCUT2D eigenvalue weighted by atomic mass is 16.5. The van der Waals surface area contributed by atoms with Gasteiger partial charge in [0.15, 0.2) is 5.78 Å². The standard InChI is InChI=1S/C18H17N3O3/c1-12(22)13-7-3-5-9-15(13)19-11-17-20-18(21-24-17)14-8-4-6-10-16(14)23-2/h3-10,19H,11H2,1-2H3. The summed E-state index contributed by atoms with van der Waals surface area (Å²) in [6.07, 6.45) is 0. The Morgan fingerprint density at radius 3 is 2.71 bits per heavy atom. The number of aromatic nitrogens is 2. The van der Waals surface area contributed by atoms with E-state index in [1.807, 2.05) is 42.5 Å². The molecular formula is C18H17N3O3. The third-order valence-electron chi connectivity index (χ3n) is 3.55. The molecule has 0 aliphatic carbocycles. The van der Waals surface area contributed by atoms with Crippen LogP contribution in [0.3, 0.4) is 0 Å². The van der Waals surface area contributed by atoms with Crippen molar-refractivity contribution in [2.24, 2.45) is 0 Å². The van der Waals surface area contributed by atoms with Gasteiger partial charge in [0.2, 0.25) is 11.7 Å². The maximum atomic E-state index is 11.6. The van der Waals surface area contributed by atoms with Crippen molar-refractivity contribution in [1.29, 1.82) is 0 Å². The van der Waals surface area contributed by atoms with Gasteiger partial charge in [-0.15, -0.1) is 0 Å². The van der Waals surface area contributed by atoms with Gasteiger partial charge in [0, 0.05) is 11.3 Å². The molecule has 6 nitrogen and oxygen atoms in total. The summed E-state index contributed by atoms with van der Waals surface area (Å²) in [4.78, 5) is 16.0. The van der Waals surface area contributed by atoms with E-state index in [9.17, 15) is 4.79 Å². The molecular weight excluding hydrogens is 306 g/mol. The number of benzene rings is 2. The van der Waals surface area contributed by atoms with E-state index >= 15 is 0 Å². The van der Waals surface area contributed by atoms with Crippen LogP contribution in [0.5, 0.6) is 5.75 Å². The predicted molar refractivity (Wildman–Crippen MR) is 90.1 cm³/mol. The number of ether oxygens (including phenoxy) is 1. The summed E-state index contributed by atoms with van der Waals surface area (Å²) in [5.74, 6) is 1.57. The molecule has 1 heterocycles. The summed E-state index contributed by atoms with van der Waals surface area (Å²) < 4.78 is 10.6. The number of carbonyl (C=O) groups is 1. The van der Waals surface area contributed by atoms with Gasteiger partial charge in [-0.05, 0) is 31.2 Å². The zero-order valence-electron chi connectivity index (χ0n) is 13.4. The van der Waals surface area contributed by atoms with Crippen LogP contribution in [0.2, 0.25) is 0 Å². The number of methoxy groups -OCH3 is 1. The normalized spacial score (nSPS) is 10.4. The van der Waals surface area contributed by atoms with Gasteiger partial charge in [-0.1, -0.05) is 29.4 Å². The van der Waals surface area contributed by atoms with Crippen molar-refractivity contribution in [3.05, 3.63) is 60.0 Å². The lowest BCUT2D eigenvalue weighted by Gasteiger charge is -2.07. The second kappa shape index (κ2) is 6.95. The molecule has 0 amide bonds. The highest BCUT2D eigenvalue weighted by Crippen LogP contribution is 2.27. The zero-order valence-corrected chi connectivity index (χ0v) is 13.4. The summed E-state index contributed by atoms with van der Waals surface area (Å²) in [5.41, 5.74) is 2.13. The molecule has 0 bridgehead atoms. The number of rotatable bonds is 6. The van der Waals surface area contributed by atoms with Crippen molar-refractivity contribution in [3.8, 4) is 17.1 Å². The van der Waals surface area contributed by atoms with Gasteiger partial charge < -0.3 is 14.6 Å². The van der Waals surface area contributed by atoms with Crippen molar-refractivity contribution in [2.45, 2.75) is 13.5 Å². The summed E-state index contributed by atoms with van der Waals surface area (Å²) in [6.45, 7) is 1.86. The van der Waals surface area contributed by atoms with Gasteiger partial charge in [-0.3, -0.25) is 4.79 Å². The number of ketones is 1. The van der Waals surface area contributed by atoms with Gasteiger partial charge in [0.25, 0.3) is 0 Å². The van der Waals surface area contributed by atoms with E-state index in [4.69, 9.17) is 9.26 Å². The van der Waals surface area contributed by atoms with Crippen LogP contribution in [-0.2, 0) is 6.54 Å². The molecule has 6 heteroatoms. The Morgan fingerprint density at radius 1 is 1.17 bits per heavy atom. The van der Waals surface area contributed by atoms with Crippen molar-refractivity contribution in [2.75, 3.05) is 12.4 Å². The number of nitrogens with zero attached hydrogens (tertiary/aromatic N) is 2. The van der Waals surface area contributed by atoms with Crippen LogP contribution in [-0.4, -0.2) is 23.0 Å². The van der Waals surface area contributed by atoms with E-state index in [0.717, 1.165) is 11.3 Å². The van der Waals surface area contributed by atoms with Crippen LogP contribution in [0.25, 0.3) is 11.4 Å². The fourth-order valence-electron chi connectivity index (χ4n) is 2.38. The van der Waals surface area contributed by atoms with Gasteiger partial charge in [-0.2, -0.15) is 4.98 Å². The topological polar surface area (TPSA) is 77.3 Å². The highest BCUT2D eigenvalue weighted by molar-refractivity contribution is 5.99. The summed E-state index contributed by atoms with van der Waals surface area (Å²) in [5, 5.41) is 7.15. The SMILES string of the molecule is COc1ccccc1-c1noc(CNc2ccccc2C(C)=O)n1. The maximum absolute atomic E-state index is 11.6. The Labute approximate surface area is 139 Å². The van der Waals surface area contributed by atoms with Crippen LogP contribution in [0.4, 0.5) is 5.69 Å². The van der Waals surface area contributed by atoms with Crippen molar-refractivity contribution >= 4 is 11.5 Å². The first kappa shape index (κ1) is 15.7. The number of para-hydroxylation sites is 2. The largest absolute Gasteiger partial charge is 0.496 e. The molecule has 0 aliphatic rings. The molecule has 0 aliphatic heterocycles. The molecule has 1 aromatic heterocycles. The van der Waals surface area contributed by atoms with Crippen LogP contribution in [0.15, 0.2) is 53.1 Å². The molecule has 122 valence electrons. The van der Waals surface area contributed by atoms with Gasteiger partial charge in [-0.25, -0.2) is 0 Å². The minimum absolute atomic E-state index is 0.00154. The van der Waals surface area contributed by atoms with E-state index in [0.29, 0.717) is 29.6 Å². The van der Waals surface area contributed by atoms with E-state index in [2.05, 4.69) is 15.5 Å². The molecule has 0 fully saturated rings. The van der Waals surface area contributed by atoms with E-state index in [1.54, 1.807) is 13.2 Å². The average Bonchev–Trinajstić information content (AvgIpc) is 3.09. The second-order valence-electron chi connectivity index (χ2n) is 5.17. The number of nitrogens with one attached hydrogen (secondary N) is 1. The Hall–Kier alpha value is -3.15. The third-order valence-corrected chi connectivity index (χ3v) is 3.55. The predicted octanol–water partition coefficient (Wildman–Crippen LogP) is 3.56. The summed E-state index contributed by atoms with van der Waals surface area (Å²) in [6, 6.07) is 14.8. The number of hydrogen-bond donors (Lipinski definition) is 1. The Kier molecular flexibility index (Phi) is 4.56. The lowest BCUT2D eigenvalue weighted by molar-refractivity contribution is 0.101. The second-order valence-corrected chi connectivity index (χ2v) is 5.17. The van der Waals surface area contributed by atoms with E-state index in [1.165, 1.54) is 6.92 Å². The first-order valence-corrected chi connectivity index (χ1v) is 7.49. The van der Waals surface area contributed by atoms with Gasteiger partial charge in [0.05, 0.1) is 19.2 Å². The maximum Gasteiger partial charge on any atom is 0.246 e. The monoisotopic (exact) mass is 323 g/mol. The van der Waals surface area contributed by atoms with Crippen LogP contribution >= 0.6 is 0 Å². The first-order valence-electron chi connectivity index (χ1n) is 7.49. The quantitative estimate of drug-likeness (QED) is 0.699. The average molecular weight is 323 g/mol. The molecule has 3 rings (SSSR count). The van der Waals surface area contributed by atoms with Crippen LogP contribution < -0.4 is 10.1 Å². The Morgan fingerprint density at radius 2 is 1.92 bits per heavy atom. The van der Waals surface area contributed by atoms with E-state index in [-0.39, 0.29) is 5.78 Å². The molecule has 3 aromatic rings. The number of carbonyl (C=O) groups excluding carboxylic acids is 1. The molecule has 0 unspecified atom stereocenters.